The number of aliphatic hydroxyl groups is 2. The van der Waals surface area contributed by atoms with Gasteiger partial charge in [0.15, 0.2) is 0 Å². The molecule has 4 rings (SSSR count). The van der Waals surface area contributed by atoms with E-state index in [-0.39, 0.29) is 42.2 Å². The highest BCUT2D eigenvalue weighted by Gasteiger charge is 2.38. The Hall–Kier alpha value is -2.97. The average Bonchev–Trinajstić information content (AvgIpc) is 3.35. The number of fused-ring (bicyclic) bond motifs is 1. The van der Waals surface area contributed by atoms with E-state index in [1.807, 2.05) is 6.92 Å². The fourth-order valence-corrected chi connectivity index (χ4v) is 6.68. The summed E-state index contributed by atoms with van der Waals surface area (Å²) >= 11 is 0. The summed E-state index contributed by atoms with van der Waals surface area (Å²) in [6, 6.07) is 7.36. The molecule has 38 heavy (non-hydrogen) atoms. The molecule has 1 saturated carbocycles. The molecule has 204 valence electrons. The molecule has 1 amide bonds. The number of aliphatic hydroxyl groups excluding tert-OH is 1. The van der Waals surface area contributed by atoms with Crippen LogP contribution in [0.25, 0.3) is 0 Å². The summed E-state index contributed by atoms with van der Waals surface area (Å²) in [4.78, 5) is 18.5. The van der Waals surface area contributed by atoms with Crippen molar-refractivity contribution in [1.29, 1.82) is 0 Å². The molecular formula is C28H35N3O6S. The lowest BCUT2D eigenvalue weighted by Gasteiger charge is -2.37. The van der Waals surface area contributed by atoms with Gasteiger partial charge in [0.2, 0.25) is 10.0 Å². The normalized spacial score (nSPS) is 23.1. The minimum absolute atomic E-state index is 0.0268. The van der Waals surface area contributed by atoms with E-state index in [9.17, 15) is 23.4 Å². The first-order valence-electron chi connectivity index (χ1n) is 12.9. The highest BCUT2D eigenvalue weighted by Crippen LogP contribution is 2.34. The second kappa shape index (κ2) is 11.4. The number of carbonyl (C=O) groups excluding carboxylic acids is 1. The van der Waals surface area contributed by atoms with E-state index in [0.29, 0.717) is 24.0 Å². The number of pyridine rings is 1. The topological polar surface area (TPSA) is 120 Å². The molecule has 1 aromatic heterocycles. The van der Waals surface area contributed by atoms with E-state index >= 15 is 0 Å². The lowest BCUT2D eigenvalue weighted by atomic mass is 10.0. The maximum Gasteiger partial charge on any atom is 0.255 e. The van der Waals surface area contributed by atoms with Crippen LogP contribution in [0.15, 0.2) is 47.6 Å². The zero-order valence-corrected chi connectivity index (χ0v) is 22.8. The number of carbonyl (C=O) groups is 1. The molecule has 2 heterocycles. The fourth-order valence-electron chi connectivity index (χ4n) is 4.86. The van der Waals surface area contributed by atoms with E-state index in [1.165, 1.54) is 21.5 Å². The van der Waals surface area contributed by atoms with Crippen molar-refractivity contribution < 1.29 is 28.2 Å². The highest BCUT2D eigenvalue weighted by molar-refractivity contribution is 7.89. The van der Waals surface area contributed by atoms with Crippen LogP contribution < -0.4 is 4.74 Å². The first-order valence-corrected chi connectivity index (χ1v) is 14.3. The zero-order valence-electron chi connectivity index (χ0n) is 22.0. The Morgan fingerprint density at radius 1 is 1.32 bits per heavy atom. The molecule has 1 aliphatic heterocycles. The van der Waals surface area contributed by atoms with E-state index in [1.54, 1.807) is 44.4 Å². The monoisotopic (exact) mass is 541 g/mol. The van der Waals surface area contributed by atoms with Gasteiger partial charge in [0.1, 0.15) is 22.4 Å². The van der Waals surface area contributed by atoms with Gasteiger partial charge in [0, 0.05) is 43.5 Å². The molecule has 9 nitrogen and oxygen atoms in total. The van der Waals surface area contributed by atoms with Crippen molar-refractivity contribution in [1.82, 2.24) is 14.2 Å². The molecule has 2 aromatic rings. The Balaban J connectivity index is 1.71. The van der Waals surface area contributed by atoms with Crippen LogP contribution in [0, 0.1) is 17.8 Å². The molecule has 0 saturated heterocycles. The molecule has 2 aliphatic rings. The van der Waals surface area contributed by atoms with Gasteiger partial charge in [-0.25, -0.2) is 8.42 Å². The number of hydrogen-bond acceptors (Lipinski definition) is 7. The standard InChI is InChI=1S/C28H35N3O6S/c1-20-17-31(21(2)19-32)38(35,36)26-9-8-22(10-13-28(34)11-4-5-12-28)15-24(26)37-25(20)18-30(3)27(33)23-7-6-14-29-16-23/h6-9,14-16,20-21,25,32,34H,4-5,11-12,17-19H2,1-3H3/t20-,21+,25-/m0/s1. The van der Waals surface area contributed by atoms with Crippen LogP contribution >= 0.6 is 0 Å². The van der Waals surface area contributed by atoms with Gasteiger partial charge in [0.05, 0.1) is 18.7 Å². The van der Waals surface area contributed by atoms with E-state index < -0.39 is 27.8 Å². The lowest BCUT2D eigenvalue weighted by Crippen LogP contribution is -2.50. The number of aromatic nitrogens is 1. The van der Waals surface area contributed by atoms with Crippen molar-refractivity contribution in [3.8, 4) is 17.6 Å². The Morgan fingerprint density at radius 2 is 2.05 bits per heavy atom. The minimum atomic E-state index is -4.00. The molecule has 0 bridgehead atoms. The van der Waals surface area contributed by atoms with Gasteiger partial charge in [0.25, 0.3) is 5.91 Å². The summed E-state index contributed by atoms with van der Waals surface area (Å²) in [6.07, 6.45) is 5.60. The second-order valence-electron chi connectivity index (χ2n) is 10.3. The third-order valence-corrected chi connectivity index (χ3v) is 9.27. The van der Waals surface area contributed by atoms with E-state index in [4.69, 9.17) is 4.74 Å². The smallest absolute Gasteiger partial charge is 0.255 e. The highest BCUT2D eigenvalue weighted by atomic mass is 32.2. The predicted molar refractivity (Wildman–Crippen MR) is 142 cm³/mol. The van der Waals surface area contributed by atoms with Gasteiger partial charge in [-0.3, -0.25) is 9.78 Å². The lowest BCUT2D eigenvalue weighted by molar-refractivity contribution is 0.0563. The summed E-state index contributed by atoms with van der Waals surface area (Å²) in [7, 11) is -2.33. The van der Waals surface area contributed by atoms with Crippen LogP contribution in [0.5, 0.6) is 5.75 Å². The molecule has 3 atom stereocenters. The number of amides is 1. The van der Waals surface area contributed by atoms with Crippen LogP contribution in [0.2, 0.25) is 0 Å². The third-order valence-electron chi connectivity index (χ3n) is 7.25. The van der Waals surface area contributed by atoms with Crippen LogP contribution in [-0.4, -0.2) is 83.2 Å². The fraction of sp³-hybridized carbons (Fsp3) is 0.500. The molecule has 10 heteroatoms. The SMILES string of the molecule is C[C@H](CO)N1C[C@H](C)[C@H](CN(C)C(=O)c2cccnc2)Oc2cc(C#CC3(O)CCCC3)ccc2S1(=O)=O. The van der Waals surface area contributed by atoms with Crippen molar-refractivity contribution >= 4 is 15.9 Å². The quantitative estimate of drug-likeness (QED) is 0.557. The Bertz CT molecular complexity index is 1320. The first kappa shape index (κ1) is 28.0. The number of sulfonamides is 1. The van der Waals surface area contributed by atoms with Gasteiger partial charge in [-0.1, -0.05) is 18.8 Å². The maximum atomic E-state index is 13.7. The summed E-state index contributed by atoms with van der Waals surface area (Å²) in [6.45, 7) is 3.49. The summed E-state index contributed by atoms with van der Waals surface area (Å²) < 4.78 is 34.9. The van der Waals surface area contributed by atoms with Crippen molar-refractivity contribution in [3.05, 3.63) is 53.9 Å². The van der Waals surface area contributed by atoms with Gasteiger partial charge in [-0.15, -0.1) is 0 Å². The molecule has 1 aliphatic carbocycles. The Labute approximate surface area is 224 Å². The van der Waals surface area contributed by atoms with E-state index in [0.717, 1.165) is 12.8 Å². The maximum absolute atomic E-state index is 13.7. The van der Waals surface area contributed by atoms with Gasteiger partial charge < -0.3 is 19.8 Å². The number of likely N-dealkylation sites (N-methyl/N-ethyl adjacent to an activating group) is 1. The summed E-state index contributed by atoms with van der Waals surface area (Å²) in [5.41, 5.74) is -0.0704. The first-order chi connectivity index (χ1) is 18.0. The number of hydrogen-bond donors (Lipinski definition) is 2. The number of benzene rings is 1. The van der Waals surface area contributed by atoms with Crippen LogP contribution in [0.1, 0.15) is 55.5 Å². The Morgan fingerprint density at radius 3 is 2.71 bits per heavy atom. The van der Waals surface area contributed by atoms with Gasteiger partial charge in [-0.05, 0) is 62.9 Å². The van der Waals surface area contributed by atoms with Crippen molar-refractivity contribution in [3.63, 3.8) is 0 Å². The third kappa shape index (κ3) is 6.02. The minimum Gasteiger partial charge on any atom is -0.487 e. The van der Waals surface area contributed by atoms with Crippen LogP contribution in [0.4, 0.5) is 0 Å². The molecular weight excluding hydrogens is 506 g/mol. The molecule has 1 aromatic carbocycles. The Kier molecular flexibility index (Phi) is 8.43. The van der Waals surface area contributed by atoms with E-state index in [2.05, 4.69) is 16.8 Å². The summed E-state index contributed by atoms with van der Waals surface area (Å²) in [5.74, 6) is 5.53. The van der Waals surface area contributed by atoms with Gasteiger partial charge in [-0.2, -0.15) is 4.31 Å². The average molecular weight is 542 g/mol. The molecule has 0 unspecified atom stereocenters. The molecule has 0 spiro atoms. The van der Waals surface area contributed by atoms with Crippen molar-refractivity contribution in [2.24, 2.45) is 5.92 Å². The van der Waals surface area contributed by atoms with Crippen molar-refractivity contribution in [2.45, 2.75) is 62.2 Å². The zero-order chi connectivity index (χ0) is 27.5. The number of ether oxygens (including phenoxy) is 1. The molecule has 1 fully saturated rings. The second-order valence-corrected chi connectivity index (χ2v) is 12.2. The number of rotatable bonds is 5. The number of nitrogens with zero attached hydrogens (tertiary/aromatic N) is 3. The van der Waals surface area contributed by atoms with Crippen LogP contribution in [0.3, 0.4) is 0 Å². The molecule has 2 N–H and O–H groups in total. The summed E-state index contributed by atoms with van der Waals surface area (Å²) in [5, 5.41) is 20.5. The van der Waals surface area contributed by atoms with Crippen molar-refractivity contribution in [2.75, 3.05) is 26.7 Å². The van der Waals surface area contributed by atoms with Gasteiger partial charge >= 0.3 is 0 Å². The predicted octanol–water partition coefficient (Wildman–Crippen LogP) is 2.28. The molecule has 0 radical (unpaired) electrons. The largest absolute Gasteiger partial charge is 0.487 e. The van der Waals surface area contributed by atoms with Crippen LogP contribution in [-0.2, 0) is 10.0 Å².